The molecular weight excluding hydrogens is 290 g/mol. The highest BCUT2D eigenvalue weighted by Crippen LogP contribution is 2.30. The zero-order valence-electron chi connectivity index (χ0n) is 15.0. The standard InChI is InChI=1S/C19H29NO3/c1-6-12(3)17(23)11-20-19-15(9-8-10-16(19)22)18(14(5)21)13(4)7-2/h12,20H,6-11H2,1-5H3. The fraction of sp³-hybridized carbons (Fsp3) is 0.632. The second kappa shape index (κ2) is 8.80. The molecule has 0 saturated heterocycles. The molecule has 0 aromatic carbocycles. The Bertz CT molecular complexity index is 555. The minimum Gasteiger partial charge on any atom is -0.375 e. The second-order valence-electron chi connectivity index (χ2n) is 6.32. The highest BCUT2D eigenvalue weighted by atomic mass is 16.1. The number of nitrogens with one attached hydrogen (secondary N) is 1. The molecule has 0 saturated carbocycles. The lowest BCUT2D eigenvalue weighted by atomic mass is 9.85. The number of allylic oxidation sites excluding steroid dienone is 4. The van der Waals surface area contributed by atoms with E-state index in [2.05, 4.69) is 5.32 Å². The van der Waals surface area contributed by atoms with Gasteiger partial charge in [0.15, 0.2) is 17.3 Å². The summed E-state index contributed by atoms with van der Waals surface area (Å²) in [6, 6.07) is 0. The van der Waals surface area contributed by atoms with Crippen molar-refractivity contribution in [3.05, 3.63) is 22.4 Å². The molecule has 1 rings (SSSR count). The van der Waals surface area contributed by atoms with Gasteiger partial charge in [-0.15, -0.1) is 0 Å². The van der Waals surface area contributed by atoms with Gasteiger partial charge in [-0.05, 0) is 45.1 Å². The molecule has 128 valence electrons. The van der Waals surface area contributed by atoms with Gasteiger partial charge in [0.25, 0.3) is 0 Å². The first-order valence-corrected chi connectivity index (χ1v) is 8.57. The maximum atomic E-state index is 12.3. The Morgan fingerprint density at radius 3 is 2.35 bits per heavy atom. The summed E-state index contributed by atoms with van der Waals surface area (Å²) >= 11 is 0. The minimum atomic E-state index is -0.0227. The maximum Gasteiger partial charge on any atom is 0.178 e. The van der Waals surface area contributed by atoms with Crippen molar-refractivity contribution >= 4 is 17.3 Å². The van der Waals surface area contributed by atoms with Gasteiger partial charge in [0.1, 0.15) is 0 Å². The molecule has 0 aliphatic heterocycles. The van der Waals surface area contributed by atoms with E-state index < -0.39 is 0 Å². The second-order valence-corrected chi connectivity index (χ2v) is 6.32. The van der Waals surface area contributed by atoms with E-state index >= 15 is 0 Å². The third-order valence-corrected chi connectivity index (χ3v) is 4.62. The van der Waals surface area contributed by atoms with Crippen LogP contribution in [0.3, 0.4) is 0 Å². The highest BCUT2D eigenvalue weighted by Gasteiger charge is 2.26. The van der Waals surface area contributed by atoms with Crippen molar-refractivity contribution in [1.29, 1.82) is 0 Å². The maximum absolute atomic E-state index is 12.3. The van der Waals surface area contributed by atoms with E-state index in [0.717, 1.165) is 30.4 Å². The summed E-state index contributed by atoms with van der Waals surface area (Å²) in [6.07, 6.45) is 3.49. The molecule has 4 heteroatoms. The molecule has 1 aliphatic rings. The lowest BCUT2D eigenvalue weighted by molar-refractivity contribution is -0.121. The van der Waals surface area contributed by atoms with Crippen LogP contribution in [0.1, 0.15) is 66.7 Å². The summed E-state index contributed by atoms with van der Waals surface area (Å²) < 4.78 is 0. The topological polar surface area (TPSA) is 63.2 Å². The average Bonchev–Trinajstić information content (AvgIpc) is 2.52. The number of rotatable bonds is 8. The van der Waals surface area contributed by atoms with Gasteiger partial charge >= 0.3 is 0 Å². The average molecular weight is 319 g/mol. The minimum absolute atomic E-state index is 0.00542. The molecule has 0 aromatic rings. The Morgan fingerprint density at radius 2 is 1.83 bits per heavy atom. The van der Waals surface area contributed by atoms with Gasteiger partial charge in [-0.1, -0.05) is 26.3 Å². The number of carbonyl (C=O) groups is 3. The fourth-order valence-electron chi connectivity index (χ4n) is 2.82. The molecule has 0 heterocycles. The first-order valence-electron chi connectivity index (χ1n) is 8.57. The van der Waals surface area contributed by atoms with Crippen LogP contribution in [0.5, 0.6) is 0 Å². The SMILES string of the molecule is CCC(C)=C(C(C)=O)C1=C(NCC(=O)C(C)CC)C(=O)CCC1. The van der Waals surface area contributed by atoms with Crippen LogP contribution in [-0.2, 0) is 14.4 Å². The third kappa shape index (κ3) is 4.88. The van der Waals surface area contributed by atoms with Gasteiger partial charge in [0.2, 0.25) is 0 Å². The molecule has 0 spiro atoms. The zero-order valence-corrected chi connectivity index (χ0v) is 15.0. The number of carbonyl (C=O) groups excluding carboxylic acids is 3. The number of Topliss-reactive ketones (excluding diaryl/α,β-unsaturated/α-hetero) is 3. The van der Waals surface area contributed by atoms with Gasteiger partial charge in [-0.2, -0.15) is 0 Å². The Balaban J connectivity index is 3.18. The zero-order chi connectivity index (χ0) is 17.6. The van der Waals surface area contributed by atoms with Crippen molar-refractivity contribution in [3.8, 4) is 0 Å². The number of ketones is 3. The van der Waals surface area contributed by atoms with Gasteiger partial charge in [-0.25, -0.2) is 0 Å². The summed E-state index contributed by atoms with van der Waals surface area (Å²) in [7, 11) is 0. The summed E-state index contributed by atoms with van der Waals surface area (Å²) in [5, 5.41) is 3.04. The Labute approximate surface area is 139 Å². The Morgan fingerprint density at radius 1 is 1.17 bits per heavy atom. The number of hydrogen-bond donors (Lipinski definition) is 1. The predicted molar refractivity (Wildman–Crippen MR) is 92.0 cm³/mol. The molecule has 0 aromatic heterocycles. The van der Waals surface area contributed by atoms with Crippen LogP contribution < -0.4 is 5.32 Å². The fourth-order valence-corrected chi connectivity index (χ4v) is 2.82. The van der Waals surface area contributed by atoms with Crippen LogP contribution >= 0.6 is 0 Å². The Hall–Kier alpha value is -1.71. The van der Waals surface area contributed by atoms with E-state index in [4.69, 9.17) is 0 Å². The van der Waals surface area contributed by atoms with Crippen LogP contribution in [0, 0.1) is 5.92 Å². The summed E-state index contributed by atoms with van der Waals surface area (Å²) in [6.45, 7) is 9.50. The van der Waals surface area contributed by atoms with Gasteiger partial charge in [0, 0.05) is 17.9 Å². The molecule has 1 unspecified atom stereocenters. The molecule has 23 heavy (non-hydrogen) atoms. The van der Waals surface area contributed by atoms with Crippen LogP contribution in [0.2, 0.25) is 0 Å². The molecule has 1 atom stereocenters. The van der Waals surface area contributed by atoms with Gasteiger partial charge in [0.05, 0.1) is 12.2 Å². The third-order valence-electron chi connectivity index (χ3n) is 4.62. The molecule has 4 nitrogen and oxygen atoms in total. The van der Waals surface area contributed by atoms with Crippen molar-refractivity contribution in [2.24, 2.45) is 5.92 Å². The van der Waals surface area contributed by atoms with Gasteiger partial charge in [-0.3, -0.25) is 14.4 Å². The lowest BCUT2D eigenvalue weighted by Crippen LogP contribution is -2.32. The van der Waals surface area contributed by atoms with Crippen molar-refractivity contribution in [1.82, 2.24) is 5.32 Å². The monoisotopic (exact) mass is 319 g/mol. The quantitative estimate of drug-likeness (QED) is 0.695. The van der Waals surface area contributed by atoms with Crippen molar-refractivity contribution < 1.29 is 14.4 Å². The normalized spacial score (nSPS) is 17.7. The van der Waals surface area contributed by atoms with Crippen molar-refractivity contribution in [3.63, 3.8) is 0 Å². The molecule has 0 amide bonds. The molecule has 1 aliphatic carbocycles. The predicted octanol–water partition coefficient (Wildman–Crippen LogP) is 3.51. The van der Waals surface area contributed by atoms with Crippen LogP contribution in [0.25, 0.3) is 0 Å². The summed E-state index contributed by atoms with van der Waals surface area (Å²) in [5.74, 6) is 0.0659. The summed E-state index contributed by atoms with van der Waals surface area (Å²) in [4.78, 5) is 36.5. The van der Waals surface area contributed by atoms with E-state index in [1.54, 1.807) is 6.92 Å². The Kier molecular flexibility index (Phi) is 7.40. The smallest absolute Gasteiger partial charge is 0.178 e. The first-order chi connectivity index (χ1) is 10.8. The molecule has 1 N–H and O–H groups in total. The first kappa shape index (κ1) is 19.3. The van der Waals surface area contributed by atoms with Crippen LogP contribution in [-0.4, -0.2) is 23.9 Å². The largest absolute Gasteiger partial charge is 0.375 e. The molecule has 0 fully saturated rings. The van der Waals surface area contributed by atoms with Gasteiger partial charge < -0.3 is 5.32 Å². The molecular formula is C19H29NO3. The molecule has 0 radical (unpaired) electrons. The summed E-state index contributed by atoms with van der Waals surface area (Å²) in [5.41, 5.74) is 2.93. The van der Waals surface area contributed by atoms with E-state index in [-0.39, 0.29) is 29.8 Å². The van der Waals surface area contributed by atoms with E-state index in [1.807, 2.05) is 27.7 Å². The van der Waals surface area contributed by atoms with E-state index in [9.17, 15) is 14.4 Å². The van der Waals surface area contributed by atoms with Crippen LogP contribution in [0.4, 0.5) is 0 Å². The van der Waals surface area contributed by atoms with E-state index in [0.29, 0.717) is 24.1 Å². The van der Waals surface area contributed by atoms with E-state index in [1.165, 1.54) is 0 Å². The number of hydrogen-bond acceptors (Lipinski definition) is 4. The molecule has 0 bridgehead atoms. The van der Waals surface area contributed by atoms with Crippen molar-refractivity contribution in [2.45, 2.75) is 66.7 Å². The van der Waals surface area contributed by atoms with Crippen molar-refractivity contribution in [2.75, 3.05) is 6.54 Å². The lowest BCUT2D eigenvalue weighted by Gasteiger charge is -2.23. The highest BCUT2D eigenvalue weighted by molar-refractivity contribution is 6.04. The van der Waals surface area contributed by atoms with Crippen LogP contribution in [0.15, 0.2) is 22.4 Å².